The Morgan fingerprint density at radius 1 is 1.35 bits per heavy atom. The van der Waals surface area contributed by atoms with Gasteiger partial charge in [-0.3, -0.25) is 0 Å². The van der Waals surface area contributed by atoms with Crippen molar-refractivity contribution in [2.24, 2.45) is 11.8 Å². The van der Waals surface area contributed by atoms with Crippen molar-refractivity contribution in [1.29, 1.82) is 0 Å². The first kappa shape index (κ1) is 15.9. The summed E-state index contributed by atoms with van der Waals surface area (Å²) in [5, 5.41) is 4.86. The molecule has 114 valence electrons. The fraction of sp³-hybridized carbons (Fsp3) is 0.714. The second-order valence-corrected chi connectivity index (χ2v) is 8.54. The lowest BCUT2D eigenvalue weighted by Gasteiger charge is -2.32. The molecule has 1 aliphatic rings. The Morgan fingerprint density at radius 3 is 2.75 bits per heavy atom. The molecule has 1 fully saturated rings. The molecule has 20 heavy (non-hydrogen) atoms. The minimum absolute atomic E-state index is 0.0681. The Kier molecular flexibility index (Phi) is 5.23. The molecule has 0 saturated heterocycles. The maximum atomic E-state index is 12.6. The van der Waals surface area contributed by atoms with Gasteiger partial charge in [-0.25, -0.2) is 13.1 Å². The van der Waals surface area contributed by atoms with E-state index in [4.69, 9.17) is 0 Å². The van der Waals surface area contributed by atoms with Crippen LogP contribution in [0.2, 0.25) is 0 Å². The highest BCUT2D eigenvalue weighted by Crippen LogP contribution is 2.30. The lowest BCUT2D eigenvalue weighted by molar-refractivity contribution is 0.249. The van der Waals surface area contributed by atoms with E-state index in [1.807, 2.05) is 12.4 Å². The van der Waals surface area contributed by atoms with Crippen LogP contribution in [0.5, 0.6) is 0 Å². The lowest BCUT2D eigenvalue weighted by atomic mass is 9.80. The van der Waals surface area contributed by atoms with E-state index in [0.29, 0.717) is 23.3 Å². The van der Waals surface area contributed by atoms with Gasteiger partial charge >= 0.3 is 0 Å². The standard InChI is InChI=1S/C14H24N2O2S2/c1-10-4-5-12(11(2)8-10)16-20(17,18)14-6-7-19-13(14)9-15-3/h6-7,10-12,15-16H,4-5,8-9H2,1-3H3. The first-order valence-corrected chi connectivity index (χ1v) is 9.53. The van der Waals surface area contributed by atoms with E-state index in [9.17, 15) is 8.42 Å². The molecule has 1 heterocycles. The van der Waals surface area contributed by atoms with Gasteiger partial charge in [0, 0.05) is 17.5 Å². The number of sulfonamides is 1. The van der Waals surface area contributed by atoms with Crippen LogP contribution in [-0.2, 0) is 16.6 Å². The van der Waals surface area contributed by atoms with E-state index in [1.165, 1.54) is 11.3 Å². The molecule has 3 atom stereocenters. The van der Waals surface area contributed by atoms with Crippen molar-refractivity contribution in [2.75, 3.05) is 7.05 Å². The Labute approximate surface area is 126 Å². The third-order valence-electron chi connectivity index (χ3n) is 4.07. The van der Waals surface area contributed by atoms with Crippen LogP contribution in [0.25, 0.3) is 0 Å². The average Bonchev–Trinajstić information content (AvgIpc) is 2.82. The van der Waals surface area contributed by atoms with Gasteiger partial charge < -0.3 is 5.32 Å². The quantitative estimate of drug-likeness (QED) is 0.878. The molecule has 2 rings (SSSR count). The van der Waals surface area contributed by atoms with E-state index in [-0.39, 0.29) is 6.04 Å². The molecule has 0 bridgehead atoms. The Morgan fingerprint density at radius 2 is 2.10 bits per heavy atom. The molecular formula is C14H24N2O2S2. The van der Waals surface area contributed by atoms with Gasteiger partial charge in [-0.15, -0.1) is 11.3 Å². The Bertz CT molecular complexity index is 539. The zero-order chi connectivity index (χ0) is 14.8. The first-order chi connectivity index (χ1) is 9.44. The lowest BCUT2D eigenvalue weighted by Crippen LogP contribution is -2.42. The first-order valence-electron chi connectivity index (χ1n) is 7.17. The molecule has 2 N–H and O–H groups in total. The van der Waals surface area contributed by atoms with Gasteiger partial charge in [-0.1, -0.05) is 13.8 Å². The molecule has 0 aromatic carbocycles. The Balaban J connectivity index is 2.13. The summed E-state index contributed by atoms with van der Waals surface area (Å²) in [7, 11) is -1.57. The molecule has 6 heteroatoms. The van der Waals surface area contributed by atoms with Crippen molar-refractivity contribution in [1.82, 2.24) is 10.0 Å². The summed E-state index contributed by atoms with van der Waals surface area (Å²) < 4.78 is 28.0. The largest absolute Gasteiger partial charge is 0.315 e. The maximum Gasteiger partial charge on any atom is 0.241 e. The molecule has 0 aliphatic heterocycles. The highest BCUT2D eigenvalue weighted by atomic mass is 32.2. The zero-order valence-electron chi connectivity index (χ0n) is 12.3. The van der Waals surface area contributed by atoms with Crippen LogP contribution >= 0.6 is 11.3 Å². The smallest absolute Gasteiger partial charge is 0.241 e. The predicted octanol–water partition coefficient (Wildman–Crippen LogP) is 2.57. The zero-order valence-corrected chi connectivity index (χ0v) is 14.0. The number of thiophene rings is 1. The summed E-state index contributed by atoms with van der Waals surface area (Å²) in [4.78, 5) is 1.31. The summed E-state index contributed by atoms with van der Waals surface area (Å²) in [6.45, 7) is 4.97. The normalized spacial score (nSPS) is 27.6. The molecule has 3 unspecified atom stereocenters. The van der Waals surface area contributed by atoms with Crippen molar-refractivity contribution < 1.29 is 8.42 Å². The SMILES string of the molecule is CNCc1sccc1S(=O)(=O)NC1CCC(C)CC1C. The molecule has 4 nitrogen and oxygen atoms in total. The average molecular weight is 316 g/mol. The van der Waals surface area contributed by atoms with Crippen molar-refractivity contribution in [2.45, 2.75) is 50.6 Å². The second kappa shape index (κ2) is 6.56. The van der Waals surface area contributed by atoms with Crippen molar-refractivity contribution >= 4 is 21.4 Å². The molecule has 1 aromatic rings. The maximum absolute atomic E-state index is 12.6. The summed E-state index contributed by atoms with van der Waals surface area (Å²) in [5.74, 6) is 1.10. The van der Waals surface area contributed by atoms with E-state index < -0.39 is 10.0 Å². The van der Waals surface area contributed by atoms with Crippen LogP contribution in [0.4, 0.5) is 0 Å². The van der Waals surface area contributed by atoms with Gasteiger partial charge in [0.15, 0.2) is 0 Å². The van der Waals surface area contributed by atoms with Gasteiger partial charge in [0.05, 0.1) is 4.90 Å². The van der Waals surface area contributed by atoms with Crippen LogP contribution in [-0.4, -0.2) is 21.5 Å². The third-order valence-corrected chi connectivity index (χ3v) is 6.69. The van der Waals surface area contributed by atoms with Gasteiger partial charge in [0.25, 0.3) is 0 Å². The van der Waals surface area contributed by atoms with Crippen LogP contribution in [0.15, 0.2) is 16.3 Å². The van der Waals surface area contributed by atoms with Gasteiger partial charge in [-0.05, 0) is 49.6 Å². The van der Waals surface area contributed by atoms with Crippen LogP contribution in [0, 0.1) is 11.8 Å². The molecule has 0 spiro atoms. The summed E-state index contributed by atoms with van der Waals surface area (Å²) in [6, 6.07) is 1.77. The van der Waals surface area contributed by atoms with Gasteiger partial charge in [0.2, 0.25) is 10.0 Å². The highest BCUT2D eigenvalue weighted by molar-refractivity contribution is 7.89. The van der Waals surface area contributed by atoms with Crippen LogP contribution in [0.1, 0.15) is 38.0 Å². The topological polar surface area (TPSA) is 58.2 Å². The second-order valence-electron chi connectivity index (χ2n) is 5.86. The molecule has 0 amide bonds. The number of hydrogen-bond donors (Lipinski definition) is 2. The third kappa shape index (κ3) is 3.61. The fourth-order valence-electron chi connectivity index (χ4n) is 2.96. The van der Waals surface area contributed by atoms with Crippen LogP contribution < -0.4 is 10.0 Å². The predicted molar refractivity (Wildman–Crippen MR) is 83.4 cm³/mol. The molecule has 1 aromatic heterocycles. The minimum Gasteiger partial charge on any atom is -0.315 e. The van der Waals surface area contributed by atoms with Gasteiger partial charge in [-0.2, -0.15) is 0 Å². The highest BCUT2D eigenvalue weighted by Gasteiger charge is 2.30. The number of nitrogens with one attached hydrogen (secondary N) is 2. The van der Waals surface area contributed by atoms with E-state index in [0.717, 1.165) is 24.1 Å². The van der Waals surface area contributed by atoms with Crippen molar-refractivity contribution in [3.05, 3.63) is 16.3 Å². The monoisotopic (exact) mass is 316 g/mol. The summed E-state index contributed by atoms with van der Waals surface area (Å²) in [5.41, 5.74) is 0. The minimum atomic E-state index is -3.40. The molecule has 1 aliphatic carbocycles. The van der Waals surface area contributed by atoms with E-state index in [2.05, 4.69) is 23.9 Å². The van der Waals surface area contributed by atoms with E-state index >= 15 is 0 Å². The Hall–Kier alpha value is -0.430. The van der Waals surface area contributed by atoms with Crippen molar-refractivity contribution in [3.63, 3.8) is 0 Å². The summed E-state index contributed by atoms with van der Waals surface area (Å²) in [6.07, 6.45) is 3.14. The molecule has 1 saturated carbocycles. The number of hydrogen-bond acceptors (Lipinski definition) is 4. The summed E-state index contributed by atoms with van der Waals surface area (Å²) >= 11 is 1.48. The number of rotatable bonds is 5. The van der Waals surface area contributed by atoms with E-state index in [1.54, 1.807) is 6.07 Å². The van der Waals surface area contributed by atoms with Crippen molar-refractivity contribution in [3.8, 4) is 0 Å². The van der Waals surface area contributed by atoms with Crippen LogP contribution in [0.3, 0.4) is 0 Å². The van der Waals surface area contributed by atoms with Gasteiger partial charge in [0.1, 0.15) is 0 Å². The fourth-order valence-corrected chi connectivity index (χ4v) is 5.80. The molecular weight excluding hydrogens is 292 g/mol. The molecule has 0 radical (unpaired) electrons.